The largest absolute Gasteiger partial charge is 0.496 e. The van der Waals surface area contributed by atoms with Crippen LogP contribution < -0.4 is 10.1 Å². The molecule has 6 heteroatoms. The summed E-state index contributed by atoms with van der Waals surface area (Å²) in [6, 6.07) is 16.5. The van der Waals surface area contributed by atoms with Gasteiger partial charge in [0.05, 0.1) is 20.1 Å². The van der Waals surface area contributed by atoms with Crippen molar-refractivity contribution >= 4 is 5.97 Å². The molecule has 1 aliphatic rings. The second-order valence-electron chi connectivity index (χ2n) is 8.04. The number of rotatable bonds is 7. The molecule has 0 amide bonds. The average Bonchev–Trinajstić information content (AvgIpc) is 3.27. The topological polar surface area (TPSA) is 60.5 Å². The highest BCUT2D eigenvalue weighted by atomic mass is 19.1. The van der Waals surface area contributed by atoms with E-state index in [2.05, 4.69) is 16.4 Å². The van der Waals surface area contributed by atoms with Crippen LogP contribution in [-0.2, 0) is 16.1 Å². The Morgan fingerprint density at radius 2 is 1.91 bits per heavy atom. The van der Waals surface area contributed by atoms with Crippen LogP contribution in [0.5, 0.6) is 5.75 Å². The Hall–Kier alpha value is -3.25. The highest BCUT2D eigenvalue weighted by molar-refractivity contribution is 5.74. The van der Waals surface area contributed by atoms with Crippen molar-refractivity contribution in [1.82, 2.24) is 10.3 Å². The lowest BCUT2D eigenvalue weighted by Crippen LogP contribution is -2.34. The van der Waals surface area contributed by atoms with Gasteiger partial charge in [0.2, 0.25) is 0 Å². The number of hydrogen-bond acceptors (Lipinski definition) is 5. The van der Waals surface area contributed by atoms with E-state index in [1.807, 2.05) is 30.5 Å². The lowest BCUT2D eigenvalue weighted by atomic mass is 9.86. The molecule has 0 bridgehead atoms. The Morgan fingerprint density at radius 1 is 1.09 bits per heavy atom. The van der Waals surface area contributed by atoms with Crippen LogP contribution in [0.3, 0.4) is 0 Å². The predicted molar refractivity (Wildman–Crippen MR) is 121 cm³/mol. The molecule has 1 fully saturated rings. The zero-order chi connectivity index (χ0) is 22.5. The molecule has 3 aromatic rings. The second-order valence-corrected chi connectivity index (χ2v) is 8.04. The van der Waals surface area contributed by atoms with Gasteiger partial charge in [0.15, 0.2) is 0 Å². The fourth-order valence-corrected chi connectivity index (χ4v) is 4.66. The maximum Gasteiger partial charge on any atom is 0.309 e. The molecular formula is C26H27FN2O3. The van der Waals surface area contributed by atoms with Gasteiger partial charge in [-0.05, 0) is 54.3 Å². The first kappa shape index (κ1) is 22.0. The van der Waals surface area contributed by atoms with Crippen LogP contribution in [-0.4, -0.2) is 31.2 Å². The Balaban J connectivity index is 1.57. The third kappa shape index (κ3) is 4.65. The minimum atomic E-state index is -0.289. The number of carbonyl (C=O) groups is 1. The first-order valence-corrected chi connectivity index (χ1v) is 10.7. The number of esters is 1. The van der Waals surface area contributed by atoms with Gasteiger partial charge in [-0.3, -0.25) is 9.78 Å². The molecule has 0 spiro atoms. The molecule has 2 aromatic carbocycles. The van der Waals surface area contributed by atoms with E-state index < -0.39 is 0 Å². The number of nitrogens with zero attached hydrogens (tertiary/aromatic N) is 1. The van der Waals surface area contributed by atoms with Gasteiger partial charge in [0.25, 0.3) is 0 Å². The smallest absolute Gasteiger partial charge is 0.309 e. The number of pyridine rings is 1. The van der Waals surface area contributed by atoms with Crippen LogP contribution in [0.25, 0.3) is 11.1 Å². The molecule has 3 unspecified atom stereocenters. The van der Waals surface area contributed by atoms with Gasteiger partial charge in [0.1, 0.15) is 11.6 Å². The summed E-state index contributed by atoms with van der Waals surface area (Å²) in [5.41, 5.74) is 4.05. The summed E-state index contributed by atoms with van der Waals surface area (Å²) in [5, 5.41) is 3.63. The second kappa shape index (κ2) is 9.92. The standard InChI is InChI=1S/C26H27FN2O3/c1-31-24-12-7-18(19-4-3-13-28-15-19)14-20(24)16-29-23-11-10-22(26(30)32-2)25(23)17-5-8-21(27)9-6-17/h3-9,12-15,22-23,25,29H,10-11,16H2,1-2H3. The number of benzene rings is 2. The molecule has 1 N–H and O–H groups in total. The van der Waals surface area contributed by atoms with Gasteiger partial charge in [-0.25, -0.2) is 4.39 Å². The van der Waals surface area contributed by atoms with Crippen molar-refractivity contribution < 1.29 is 18.7 Å². The summed E-state index contributed by atoms with van der Waals surface area (Å²) in [7, 11) is 3.08. The van der Waals surface area contributed by atoms with E-state index >= 15 is 0 Å². The fraction of sp³-hybridized carbons (Fsp3) is 0.308. The van der Waals surface area contributed by atoms with Crippen molar-refractivity contribution in [1.29, 1.82) is 0 Å². The van der Waals surface area contributed by atoms with Crippen molar-refractivity contribution in [2.45, 2.75) is 31.3 Å². The molecule has 166 valence electrons. The Morgan fingerprint density at radius 3 is 2.59 bits per heavy atom. The number of hydrogen-bond donors (Lipinski definition) is 1. The van der Waals surface area contributed by atoms with Gasteiger partial charge < -0.3 is 14.8 Å². The molecule has 32 heavy (non-hydrogen) atoms. The first-order valence-electron chi connectivity index (χ1n) is 10.7. The number of nitrogens with one attached hydrogen (secondary N) is 1. The SMILES string of the molecule is COC(=O)C1CCC(NCc2cc(-c3cccnc3)ccc2OC)C1c1ccc(F)cc1. The van der Waals surface area contributed by atoms with E-state index in [1.54, 1.807) is 25.4 Å². The van der Waals surface area contributed by atoms with Crippen molar-refractivity contribution in [2.24, 2.45) is 5.92 Å². The van der Waals surface area contributed by atoms with Gasteiger partial charge >= 0.3 is 5.97 Å². The molecule has 0 aliphatic heterocycles. The summed E-state index contributed by atoms with van der Waals surface area (Å²) >= 11 is 0. The Kier molecular flexibility index (Phi) is 6.81. The van der Waals surface area contributed by atoms with Gasteiger partial charge in [0, 0.05) is 42.0 Å². The summed E-state index contributed by atoms with van der Waals surface area (Å²) in [5.74, 6) is -0.0595. The molecule has 0 saturated heterocycles. The monoisotopic (exact) mass is 434 g/mol. The number of aromatic nitrogens is 1. The number of methoxy groups -OCH3 is 2. The minimum Gasteiger partial charge on any atom is -0.496 e. The van der Waals surface area contributed by atoms with E-state index in [0.717, 1.165) is 40.8 Å². The molecule has 1 heterocycles. The zero-order valence-electron chi connectivity index (χ0n) is 18.3. The summed E-state index contributed by atoms with van der Waals surface area (Å²) < 4.78 is 24.1. The van der Waals surface area contributed by atoms with E-state index in [0.29, 0.717) is 6.54 Å². The summed E-state index contributed by atoms with van der Waals surface area (Å²) in [6.07, 6.45) is 5.13. The van der Waals surface area contributed by atoms with Crippen molar-refractivity contribution in [2.75, 3.05) is 14.2 Å². The Bertz CT molecular complexity index is 1060. The minimum absolute atomic E-state index is 0.0521. The number of halogens is 1. The van der Waals surface area contributed by atoms with Crippen LogP contribution in [0, 0.1) is 11.7 Å². The molecule has 0 radical (unpaired) electrons. The van der Waals surface area contributed by atoms with Gasteiger partial charge in [-0.2, -0.15) is 0 Å². The highest BCUT2D eigenvalue weighted by Crippen LogP contribution is 2.41. The van der Waals surface area contributed by atoms with E-state index in [-0.39, 0.29) is 29.7 Å². The molecular weight excluding hydrogens is 407 g/mol. The zero-order valence-corrected chi connectivity index (χ0v) is 18.3. The normalized spacial score (nSPS) is 20.2. The average molecular weight is 435 g/mol. The van der Waals surface area contributed by atoms with Crippen LogP contribution in [0.4, 0.5) is 4.39 Å². The summed E-state index contributed by atoms with van der Waals surface area (Å²) in [4.78, 5) is 16.6. The van der Waals surface area contributed by atoms with Crippen LogP contribution in [0.1, 0.15) is 29.9 Å². The molecule has 4 rings (SSSR count). The van der Waals surface area contributed by atoms with E-state index in [9.17, 15) is 9.18 Å². The first-order chi connectivity index (χ1) is 15.6. The quantitative estimate of drug-likeness (QED) is 0.545. The number of carbonyl (C=O) groups excluding carboxylic acids is 1. The maximum absolute atomic E-state index is 13.5. The van der Waals surface area contributed by atoms with Crippen LogP contribution >= 0.6 is 0 Å². The Labute approximate surface area is 187 Å². The molecule has 1 saturated carbocycles. The molecule has 3 atom stereocenters. The van der Waals surface area contributed by atoms with Crippen molar-refractivity contribution in [3.05, 3.63) is 83.9 Å². The van der Waals surface area contributed by atoms with Gasteiger partial charge in [-0.15, -0.1) is 0 Å². The summed E-state index contributed by atoms with van der Waals surface area (Å²) in [6.45, 7) is 0.577. The number of ether oxygens (including phenoxy) is 2. The lowest BCUT2D eigenvalue weighted by molar-refractivity contribution is -0.145. The third-order valence-electron chi connectivity index (χ3n) is 6.24. The van der Waals surface area contributed by atoms with E-state index in [1.165, 1.54) is 19.2 Å². The van der Waals surface area contributed by atoms with Gasteiger partial charge in [-0.1, -0.05) is 24.3 Å². The van der Waals surface area contributed by atoms with Crippen LogP contribution in [0.15, 0.2) is 67.0 Å². The maximum atomic E-state index is 13.5. The fourth-order valence-electron chi connectivity index (χ4n) is 4.66. The van der Waals surface area contributed by atoms with Crippen molar-refractivity contribution in [3.8, 4) is 16.9 Å². The van der Waals surface area contributed by atoms with E-state index in [4.69, 9.17) is 9.47 Å². The lowest BCUT2D eigenvalue weighted by Gasteiger charge is -2.25. The predicted octanol–water partition coefficient (Wildman–Crippen LogP) is 4.72. The third-order valence-corrected chi connectivity index (χ3v) is 6.24. The van der Waals surface area contributed by atoms with Crippen molar-refractivity contribution in [3.63, 3.8) is 0 Å². The highest BCUT2D eigenvalue weighted by Gasteiger charge is 2.41. The molecule has 5 nitrogen and oxygen atoms in total. The molecule has 1 aromatic heterocycles. The van der Waals surface area contributed by atoms with Crippen LogP contribution in [0.2, 0.25) is 0 Å². The molecule has 1 aliphatic carbocycles.